The van der Waals surface area contributed by atoms with Gasteiger partial charge in [0.25, 0.3) is 5.91 Å². The van der Waals surface area contributed by atoms with Crippen LogP contribution in [0.2, 0.25) is 0 Å². The molecule has 1 amide bonds. The number of ether oxygens (including phenoxy) is 2. The second-order valence-electron chi connectivity index (χ2n) is 7.33. The molecule has 2 rings (SSSR count). The Hall–Kier alpha value is -3.15. The van der Waals surface area contributed by atoms with E-state index in [-0.39, 0.29) is 30.8 Å². The lowest BCUT2D eigenvalue weighted by molar-refractivity contribution is -0.148. The molecule has 0 aliphatic carbocycles. The van der Waals surface area contributed by atoms with Crippen LogP contribution in [0.5, 0.6) is 5.75 Å². The van der Waals surface area contributed by atoms with Crippen molar-refractivity contribution in [3.63, 3.8) is 0 Å². The van der Waals surface area contributed by atoms with Crippen LogP contribution in [0.1, 0.15) is 59.8 Å². The fourth-order valence-electron chi connectivity index (χ4n) is 2.81. The van der Waals surface area contributed by atoms with E-state index < -0.39 is 5.97 Å². The van der Waals surface area contributed by atoms with E-state index in [1.54, 1.807) is 24.3 Å². The van der Waals surface area contributed by atoms with Crippen molar-refractivity contribution >= 4 is 17.7 Å². The van der Waals surface area contributed by atoms with Crippen LogP contribution in [0.4, 0.5) is 0 Å². The van der Waals surface area contributed by atoms with Gasteiger partial charge in [0.1, 0.15) is 5.75 Å². The van der Waals surface area contributed by atoms with Gasteiger partial charge in [-0.2, -0.15) is 0 Å². The molecule has 0 spiro atoms. The van der Waals surface area contributed by atoms with Gasteiger partial charge in [0, 0.05) is 12.0 Å². The third-order valence-electron chi connectivity index (χ3n) is 4.83. The number of ketones is 1. The van der Waals surface area contributed by atoms with E-state index in [9.17, 15) is 14.4 Å². The van der Waals surface area contributed by atoms with Gasteiger partial charge in [-0.25, -0.2) is 0 Å². The minimum absolute atomic E-state index is 0.00305. The SMILES string of the molecule is CC(=O)c1ccc(OCCCC(=O)OCC(=O)N[C@H](C)c2ccc(C)c(C)c2)cc1. The highest BCUT2D eigenvalue weighted by atomic mass is 16.5. The van der Waals surface area contributed by atoms with Gasteiger partial charge in [0.05, 0.1) is 12.6 Å². The number of rotatable bonds is 10. The molecule has 0 heterocycles. The van der Waals surface area contributed by atoms with Gasteiger partial charge in [0.2, 0.25) is 0 Å². The van der Waals surface area contributed by atoms with Crippen molar-refractivity contribution in [3.05, 3.63) is 64.7 Å². The van der Waals surface area contributed by atoms with Crippen molar-refractivity contribution in [2.75, 3.05) is 13.2 Å². The molecule has 1 N–H and O–H groups in total. The van der Waals surface area contributed by atoms with Gasteiger partial charge < -0.3 is 14.8 Å². The van der Waals surface area contributed by atoms with Crippen LogP contribution >= 0.6 is 0 Å². The first-order valence-corrected chi connectivity index (χ1v) is 10.0. The lowest BCUT2D eigenvalue weighted by atomic mass is 10.0. The molecule has 2 aromatic carbocycles. The van der Waals surface area contributed by atoms with Crippen LogP contribution < -0.4 is 10.1 Å². The molecule has 0 unspecified atom stereocenters. The molecule has 0 aromatic heterocycles. The lowest BCUT2D eigenvalue weighted by Crippen LogP contribution is -2.31. The van der Waals surface area contributed by atoms with E-state index in [4.69, 9.17) is 9.47 Å². The van der Waals surface area contributed by atoms with Crippen molar-refractivity contribution in [2.45, 2.75) is 46.6 Å². The van der Waals surface area contributed by atoms with Crippen molar-refractivity contribution in [3.8, 4) is 5.75 Å². The highest BCUT2D eigenvalue weighted by molar-refractivity contribution is 5.94. The van der Waals surface area contributed by atoms with E-state index in [0.29, 0.717) is 24.3 Å². The first-order chi connectivity index (χ1) is 14.3. The Morgan fingerprint density at radius 2 is 1.70 bits per heavy atom. The van der Waals surface area contributed by atoms with Crippen LogP contribution in [0.15, 0.2) is 42.5 Å². The molecule has 0 saturated carbocycles. The predicted molar refractivity (Wildman–Crippen MR) is 115 cm³/mol. The summed E-state index contributed by atoms with van der Waals surface area (Å²) in [6.45, 7) is 7.50. The number of benzene rings is 2. The summed E-state index contributed by atoms with van der Waals surface area (Å²) >= 11 is 0. The lowest BCUT2D eigenvalue weighted by Gasteiger charge is -2.15. The van der Waals surface area contributed by atoms with Crippen molar-refractivity contribution in [1.29, 1.82) is 0 Å². The summed E-state index contributed by atoms with van der Waals surface area (Å²) in [5.74, 6) is -0.153. The molecule has 0 aliphatic rings. The van der Waals surface area contributed by atoms with Crippen LogP contribution in [0.25, 0.3) is 0 Å². The van der Waals surface area contributed by atoms with Crippen LogP contribution in [-0.2, 0) is 14.3 Å². The van der Waals surface area contributed by atoms with E-state index in [0.717, 1.165) is 11.1 Å². The molecule has 0 saturated heterocycles. The number of aryl methyl sites for hydroxylation is 2. The third kappa shape index (κ3) is 7.35. The average molecular weight is 411 g/mol. The number of hydrogen-bond donors (Lipinski definition) is 1. The molecular formula is C24H29NO5. The maximum absolute atomic E-state index is 12.0. The quantitative estimate of drug-likeness (QED) is 0.362. The van der Waals surface area contributed by atoms with Gasteiger partial charge in [0.15, 0.2) is 12.4 Å². The Bertz CT molecular complexity index is 889. The molecule has 2 aromatic rings. The van der Waals surface area contributed by atoms with Gasteiger partial charge in [-0.05, 0) is 75.1 Å². The highest BCUT2D eigenvalue weighted by Crippen LogP contribution is 2.17. The Morgan fingerprint density at radius 3 is 2.33 bits per heavy atom. The molecular weight excluding hydrogens is 382 g/mol. The Kier molecular flexibility index (Phi) is 8.59. The molecule has 0 fully saturated rings. The standard InChI is InChI=1S/C24H29NO5/c1-16-7-8-21(14-17(16)2)18(3)25-23(27)15-30-24(28)6-5-13-29-22-11-9-20(10-12-22)19(4)26/h7-12,14,18H,5-6,13,15H2,1-4H3,(H,25,27)/t18-/m1/s1. The summed E-state index contributed by atoms with van der Waals surface area (Å²) in [5.41, 5.74) is 3.99. The number of Topliss-reactive ketones (excluding diaryl/α,β-unsaturated/α-hetero) is 1. The topological polar surface area (TPSA) is 81.7 Å². The predicted octanol–water partition coefficient (Wildman–Crippen LogP) is 4.09. The molecule has 160 valence electrons. The number of carbonyl (C=O) groups is 3. The normalized spacial score (nSPS) is 11.5. The van der Waals surface area contributed by atoms with Crippen molar-refractivity contribution in [2.24, 2.45) is 0 Å². The van der Waals surface area contributed by atoms with Crippen molar-refractivity contribution in [1.82, 2.24) is 5.32 Å². The average Bonchev–Trinajstić information content (AvgIpc) is 2.72. The largest absolute Gasteiger partial charge is 0.494 e. The first kappa shape index (κ1) is 23.1. The van der Waals surface area contributed by atoms with Crippen LogP contribution in [-0.4, -0.2) is 30.9 Å². The molecule has 30 heavy (non-hydrogen) atoms. The summed E-state index contributed by atoms with van der Waals surface area (Å²) < 4.78 is 10.6. The summed E-state index contributed by atoms with van der Waals surface area (Å²) in [4.78, 5) is 35.1. The number of carbonyl (C=O) groups excluding carboxylic acids is 3. The zero-order valence-corrected chi connectivity index (χ0v) is 18.0. The second kappa shape index (κ2) is 11.1. The van der Waals surface area contributed by atoms with E-state index in [1.165, 1.54) is 12.5 Å². The smallest absolute Gasteiger partial charge is 0.306 e. The molecule has 0 bridgehead atoms. The Balaban J connectivity index is 1.64. The highest BCUT2D eigenvalue weighted by Gasteiger charge is 2.12. The van der Waals surface area contributed by atoms with Crippen LogP contribution in [0.3, 0.4) is 0 Å². The number of amides is 1. The minimum atomic E-state index is -0.445. The molecule has 6 heteroatoms. The number of hydrogen-bond acceptors (Lipinski definition) is 5. The van der Waals surface area contributed by atoms with Gasteiger partial charge in [-0.15, -0.1) is 0 Å². The minimum Gasteiger partial charge on any atom is -0.494 e. The maximum Gasteiger partial charge on any atom is 0.306 e. The zero-order valence-electron chi connectivity index (χ0n) is 18.0. The molecule has 0 aliphatic heterocycles. The third-order valence-corrected chi connectivity index (χ3v) is 4.83. The molecule has 6 nitrogen and oxygen atoms in total. The second-order valence-corrected chi connectivity index (χ2v) is 7.33. The molecule has 0 radical (unpaired) electrons. The fraction of sp³-hybridized carbons (Fsp3) is 0.375. The van der Waals surface area contributed by atoms with E-state index in [1.807, 2.05) is 39.0 Å². The Labute approximate surface area is 177 Å². The van der Waals surface area contributed by atoms with Crippen LogP contribution in [0, 0.1) is 13.8 Å². The summed E-state index contributed by atoms with van der Waals surface area (Å²) in [5, 5.41) is 2.83. The maximum atomic E-state index is 12.0. The van der Waals surface area contributed by atoms with E-state index in [2.05, 4.69) is 5.32 Å². The van der Waals surface area contributed by atoms with Gasteiger partial charge in [-0.1, -0.05) is 18.2 Å². The summed E-state index contributed by atoms with van der Waals surface area (Å²) in [6.07, 6.45) is 0.624. The molecule has 1 atom stereocenters. The monoisotopic (exact) mass is 411 g/mol. The first-order valence-electron chi connectivity index (χ1n) is 10.0. The fourth-order valence-corrected chi connectivity index (χ4v) is 2.81. The zero-order chi connectivity index (χ0) is 22.1. The van der Waals surface area contributed by atoms with Crippen molar-refractivity contribution < 1.29 is 23.9 Å². The number of esters is 1. The van der Waals surface area contributed by atoms with Gasteiger partial charge in [-0.3, -0.25) is 14.4 Å². The Morgan fingerprint density at radius 1 is 1.00 bits per heavy atom. The van der Waals surface area contributed by atoms with E-state index >= 15 is 0 Å². The number of nitrogens with one attached hydrogen (secondary N) is 1. The summed E-state index contributed by atoms with van der Waals surface area (Å²) in [7, 11) is 0. The van der Waals surface area contributed by atoms with Gasteiger partial charge >= 0.3 is 5.97 Å². The summed E-state index contributed by atoms with van der Waals surface area (Å²) in [6, 6.07) is 12.7.